The van der Waals surface area contributed by atoms with Gasteiger partial charge in [-0.1, -0.05) is 64.6 Å². The van der Waals surface area contributed by atoms with E-state index in [1.54, 1.807) is 18.9 Å². The van der Waals surface area contributed by atoms with Gasteiger partial charge in [0.05, 0.1) is 0 Å². The van der Waals surface area contributed by atoms with E-state index >= 15 is 0 Å². The van der Waals surface area contributed by atoms with Gasteiger partial charge in [0.25, 0.3) is 0 Å². The van der Waals surface area contributed by atoms with Gasteiger partial charge < -0.3 is 0 Å². The highest BCUT2D eigenvalue weighted by atomic mass is 29.5. The largest absolute Gasteiger partial charge is 0.0748 e. The third kappa shape index (κ3) is 12.7. The predicted octanol–water partition coefficient (Wildman–Crippen LogP) is 2.00. The van der Waals surface area contributed by atoms with Crippen LogP contribution in [0.5, 0.6) is 0 Å². The molecule has 0 aromatic rings. The van der Waals surface area contributed by atoms with Crippen LogP contribution >= 0.6 is 0 Å². The Morgan fingerprint density at radius 1 is 0.923 bits per heavy atom. The van der Waals surface area contributed by atoms with Crippen molar-refractivity contribution in [3.05, 3.63) is 0 Å². The van der Waals surface area contributed by atoms with Gasteiger partial charge in [-0.2, -0.15) is 0 Å². The van der Waals surface area contributed by atoms with E-state index in [1.807, 2.05) is 0 Å². The van der Waals surface area contributed by atoms with Crippen molar-refractivity contribution >= 4 is 25.9 Å². The Kier molecular flexibility index (Phi) is 11.3. The molecule has 0 amide bonds. The Hall–Kier alpha value is 0.651. The van der Waals surface area contributed by atoms with Crippen molar-refractivity contribution in [2.24, 2.45) is 0 Å². The van der Waals surface area contributed by atoms with Crippen LogP contribution in [-0.4, -0.2) is 25.9 Å². The minimum atomic E-state index is -0.0399. The van der Waals surface area contributed by atoms with E-state index in [2.05, 4.69) is 20.0 Å². The molecule has 0 aliphatic rings. The third-order valence-corrected chi connectivity index (χ3v) is 25.5. The van der Waals surface area contributed by atoms with E-state index in [1.165, 1.54) is 25.7 Å². The van der Waals surface area contributed by atoms with Crippen LogP contribution in [0.15, 0.2) is 0 Å². The van der Waals surface area contributed by atoms with Crippen molar-refractivity contribution in [3.63, 3.8) is 0 Å². The van der Waals surface area contributed by atoms with Gasteiger partial charge in [0.15, 0.2) is 0 Å². The molecule has 0 saturated heterocycles. The summed E-state index contributed by atoms with van der Waals surface area (Å²) in [5.41, 5.74) is 0. The summed E-state index contributed by atoms with van der Waals surface area (Å²) in [6.45, 7) is 7.41. The molecular formula is C10H28Si3. The molecule has 0 spiro atoms. The molecule has 0 N–H and O–H groups in total. The molecule has 0 nitrogen and oxygen atoms in total. The Bertz CT molecular complexity index is 94.2. The lowest BCUT2D eigenvalue weighted by molar-refractivity contribution is 0.624. The lowest BCUT2D eigenvalue weighted by Crippen LogP contribution is -2.19. The summed E-state index contributed by atoms with van der Waals surface area (Å²) in [6, 6.07) is 1.70. The molecule has 0 saturated carbocycles. The second-order valence-corrected chi connectivity index (χ2v) is 23.4. The Morgan fingerprint density at radius 3 is 2.15 bits per heavy atom. The average molecular weight is 233 g/mol. The number of hydrogen-bond donors (Lipinski definition) is 0. The zero-order valence-corrected chi connectivity index (χ0v) is 13.9. The smallest absolute Gasteiger partial charge is 0.0149 e. The van der Waals surface area contributed by atoms with E-state index in [4.69, 9.17) is 0 Å². The van der Waals surface area contributed by atoms with Gasteiger partial charge in [-0.15, -0.1) is 0 Å². The van der Waals surface area contributed by atoms with Crippen LogP contribution in [0.1, 0.15) is 45.4 Å². The van der Waals surface area contributed by atoms with Crippen LogP contribution in [0.2, 0.25) is 19.1 Å². The lowest BCUT2D eigenvalue weighted by atomic mass is 10.1. The second-order valence-electron chi connectivity index (χ2n) is 4.66. The van der Waals surface area contributed by atoms with Crippen molar-refractivity contribution in [2.75, 3.05) is 0 Å². The van der Waals surface area contributed by atoms with Gasteiger partial charge in [0.2, 0.25) is 0 Å². The lowest BCUT2D eigenvalue weighted by Gasteiger charge is -2.01. The molecule has 0 aromatic heterocycles. The van der Waals surface area contributed by atoms with E-state index < -0.39 is 0 Å². The standard InChI is InChI=1S/C10H28Si3/c1-4-5-6-7-8-9-10-11-12-13(2)3/h13H,4-12H2,1-3H3. The summed E-state index contributed by atoms with van der Waals surface area (Å²) in [7, 11) is 1.07. The highest BCUT2D eigenvalue weighted by molar-refractivity contribution is 7.35. The fourth-order valence-corrected chi connectivity index (χ4v) is 17.8. The van der Waals surface area contributed by atoms with Crippen molar-refractivity contribution in [3.8, 4) is 0 Å². The maximum absolute atomic E-state index is 2.56. The molecule has 0 aliphatic heterocycles. The molecule has 0 aromatic carbocycles. The fourth-order valence-electron chi connectivity index (χ4n) is 1.69. The Labute approximate surface area is 90.7 Å². The maximum Gasteiger partial charge on any atom is 0.0149 e. The molecule has 0 radical (unpaired) electrons. The molecule has 0 atom stereocenters. The van der Waals surface area contributed by atoms with Gasteiger partial charge in [-0.25, -0.2) is 0 Å². The van der Waals surface area contributed by atoms with Crippen molar-refractivity contribution < 1.29 is 0 Å². The molecule has 0 fully saturated rings. The summed E-state index contributed by atoms with van der Waals surface area (Å²) in [5.74, 6) is 0. The highest BCUT2D eigenvalue weighted by Crippen LogP contribution is 2.06. The maximum atomic E-state index is 2.56. The molecule has 0 aliphatic carbocycles. The SMILES string of the molecule is CCCCCCCC[SiH2][SiH2][SiH](C)C. The minimum absolute atomic E-state index is 0.0399. The van der Waals surface area contributed by atoms with Crippen LogP contribution in [0.4, 0.5) is 0 Å². The molecule has 0 unspecified atom stereocenters. The first-order valence-electron chi connectivity index (χ1n) is 6.27. The third-order valence-electron chi connectivity index (χ3n) is 2.64. The van der Waals surface area contributed by atoms with Gasteiger partial charge in [0.1, 0.15) is 0 Å². The summed E-state index contributed by atoms with van der Waals surface area (Å²) >= 11 is 0. The van der Waals surface area contributed by atoms with E-state index in [9.17, 15) is 0 Å². The zero-order chi connectivity index (χ0) is 9.94. The molecule has 80 valence electrons. The van der Waals surface area contributed by atoms with Crippen molar-refractivity contribution in [2.45, 2.75) is 64.6 Å². The summed E-state index contributed by atoms with van der Waals surface area (Å²) in [6.07, 6.45) is 8.99. The molecule has 0 rings (SSSR count). The normalized spacial score (nSPS) is 12.9. The van der Waals surface area contributed by atoms with Crippen molar-refractivity contribution in [1.82, 2.24) is 0 Å². The fraction of sp³-hybridized carbons (Fsp3) is 1.00. The first kappa shape index (κ1) is 13.7. The van der Waals surface area contributed by atoms with E-state index in [0.717, 1.165) is 0 Å². The molecule has 0 heterocycles. The van der Waals surface area contributed by atoms with Crippen LogP contribution in [-0.2, 0) is 0 Å². The van der Waals surface area contributed by atoms with Gasteiger partial charge >= 0.3 is 0 Å². The molecule has 13 heavy (non-hydrogen) atoms. The Balaban J connectivity index is 2.84. The second kappa shape index (κ2) is 10.7. The molecule has 0 bridgehead atoms. The number of rotatable bonds is 9. The number of hydrogen-bond acceptors (Lipinski definition) is 0. The van der Waals surface area contributed by atoms with Crippen LogP contribution < -0.4 is 0 Å². The number of unbranched alkanes of at least 4 members (excludes halogenated alkanes) is 5. The zero-order valence-electron chi connectivity index (χ0n) is 9.94. The molecular weight excluding hydrogens is 204 g/mol. The van der Waals surface area contributed by atoms with Gasteiger partial charge in [-0.05, 0) is 0 Å². The first-order chi connectivity index (χ1) is 6.27. The van der Waals surface area contributed by atoms with Crippen LogP contribution in [0.25, 0.3) is 0 Å². The summed E-state index contributed by atoms with van der Waals surface area (Å²) < 4.78 is 0. The monoisotopic (exact) mass is 232 g/mol. The minimum Gasteiger partial charge on any atom is -0.0748 e. The molecule has 3 heteroatoms. The van der Waals surface area contributed by atoms with Crippen molar-refractivity contribution in [1.29, 1.82) is 0 Å². The predicted molar refractivity (Wildman–Crippen MR) is 74.1 cm³/mol. The summed E-state index contributed by atoms with van der Waals surface area (Å²) in [4.78, 5) is 0. The Morgan fingerprint density at radius 2 is 1.54 bits per heavy atom. The quantitative estimate of drug-likeness (QED) is 0.421. The van der Waals surface area contributed by atoms with E-state index in [-0.39, 0.29) is 8.31 Å². The van der Waals surface area contributed by atoms with E-state index in [0.29, 0.717) is 17.6 Å². The van der Waals surface area contributed by atoms with Gasteiger partial charge in [0, 0.05) is 25.9 Å². The topological polar surface area (TPSA) is 0 Å². The van der Waals surface area contributed by atoms with Crippen LogP contribution in [0, 0.1) is 0 Å². The first-order valence-corrected chi connectivity index (χ1v) is 16.8. The highest BCUT2D eigenvalue weighted by Gasteiger charge is 1.96. The summed E-state index contributed by atoms with van der Waals surface area (Å²) in [5, 5.41) is 0. The average Bonchev–Trinajstić information content (AvgIpc) is 2.09. The van der Waals surface area contributed by atoms with Crippen LogP contribution in [0.3, 0.4) is 0 Å². The van der Waals surface area contributed by atoms with Gasteiger partial charge in [-0.3, -0.25) is 0 Å².